The molecule has 0 aliphatic heterocycles. The molecule has 21 heavy (non-hydrogen) atoms. The summed E-state index contributed by atoms with van der Waals surface area (Å²) in [6, 6.07) is 10.1. The third kappa shape index (κ3) is 4.06. The van der Waals surface area contributed by atoms with Crippen molar-refractivity contribution < 1.29 is 14.3 Å². The minimum Gasteiger partial charge on any atom is -0.458 e. The van der Waals surface area contributed by atoms with E-state index in [-0.39, 0.29) is 0 Å². The first-order valence-electron chi connectivity index (χ1n) is 7.55. The third-order valence-corrected chi connectivity index (χ3v) is 3.98. The lowest BCUT2D eigenvalue weighted by Gasteiger charge is -2.29. The fourth-order valence-corrected chi connectivity index (χ4v) is 2.44. The van der Waals surface area contributed by atoms with Gasteiger partial charge in [0.25, 0.3) is 0 Å². The number of rotatable bonds is 8. The molecule has 1 aromatic carbocycles. The first-order valence-corrected chi connectivity index (χ1v) is 7.55. The summed E-state index contributed by atoms with van der Waals surface area (Å²) in [4.78, 5) is 2.24. The van der Waals surface area contributed by atoms with Crippen LogP contribution in [0.5, 0.6) is 0 Å². The fourth-order valence-electron chi connectivity index (χ4n) is 2.44. The van der Waals surface area contributed by atoms with Gasteiger partial charge in [-0.3, -0.25) is 4.90 Å². The van der Waals surface area contributed by atoms with Crippen LogP contribution in [0.3, 0.4) is 0 Å². The maximum atomic E-state index is 10.5. The van der Waals surface area contributed by atoms with Gasteiger partial charge in [-0.25, -0.2) is 0 Å². The summed E-state index contributed by atoms with van der Waals surface area (Å²) in [5.74, 6) is 0.627. The lowest BCUT2D eigenvalue weighted by molar-refractivity contribution is 0.0573. The second-order valence-electron chi connectivity index (χ2n) is 5.45. The molecule has 1 N–H and O–H groups in total. The van der Waals surface area contributed by atoms with Crippen LogP contribution in [0.2, 0.25) is 0 Å². The zero-order valence-electron chi connectivity index (χ0n) is 13.1. The number of fused-ring (bicyclic) bond motifs is 1. The Morgan fingerprint density at radius 3 is 2.76 bits per heavy atom. The van der Waals surface area contributed by atoms with Gasteiger partial charge in [0.1, 0.15) is 17.4 Å². The Hall–Kier alpha value is -1.36. The van der Waals surface area contributed by atoms with Crippen LogP contribution in [0, 0.1) is 0 Å². The number of aliphatic hydroxyl groups excluding tert-OH is 1. The van der Waals surface area contributed by atoms with Gasteiger partial charge >= 0.3 is 0 Å². The van der Waals surface area contributed by atoms with Crippen molar-refractivity contribution >= 4 is 11.0 Å². The van der Waals surface area contributed by atoms with Gasteiger partial charge in [0.05, 0.1) is 6.61 Å². The average molecular weight is 291 g/mol. The number of aliphatic hydroxyl groups is 1. The Morgan fingerprint density at radius 1 is 1.33 bits per heavy atom. The molecule has 1 aromatic heterocycles. The van der Waals surface area contributed by atoms with Crippen molar-refractivity contribution in [1.82, 2.24) is 4.90 Å². The van der Waals surface area contributed by atoms with Gasteiger partial charge in [-0.05, 0) is 25.5 Å². The van der Waals surface area contributed by atoms with Gasteiger partial charge in [0.2, 0.25) is 0 Å². The molecule has 0 amide bonds. The van der Waals surface area contributed by atoms with Gasteiger partial charge in [0, 0.05) is 31.6 Å². The molecular formula is C17H25NO3. The zero-order chi connectivity index (χ0) is 15.2. The largest absolute Gasteiger partial charge is 0.458 e. The smallest absolute Gasteiger partial charge is 0.135 e. The molecule has 2 aromatic rings. The van der Waals surface area contributed by atoms with Crippen LogP contribution in [0.4, 0.5) is 0 Å². The van der Waals surface area contributed by atoms with Crippen LogP contribution in [0.25, 0.3) is 11.0 Å². The van der Waals surface area contributed by atoms with Crippen LogP contribution in [-0.4, -0.2) is 42.9 Å². The Labute approximate surface area is 126 Å². The number of para-hydroxylation sites is 1. The van der Waals surface area contributed by atoms with E-state index in [0.717, 1.165) is 23.9 Å². The summed E-state index contributed by atoms with van der Waals surface area (Å²) >= 11 is 0. The van der Waals surface area contributed by atoms with E-state index >= 15 is 0 Å². The van der Waals surface area contributed by atoms with E-state index < -0.39 is 6.10 Å². The van der Waals surface area contributed by atoms with Crippen LogP contribution in [0.1, 0.15) is 32.1 Å². The molecule has 4 nitrogen and oxygen atoms in total. The van der Waals surface area contributed by atoms with Crippen molar-refractivity contribution in [3.63, 3.8) is 0 Å². The number of methoxy groups -OCH3 is 1. The molecule has 4 heteroatoms. The molecule has 1 heterocycles. The highest BCUT2D eigenvalue weighted by Crippen LogP contribution is 2.24. The predicted octanol–water partition coefficient (Wildman–Crippen LogP) is 3.21. The SMILES string of the molecule is CCC(C)N(CCOC)CC(O)c1cc2ccccc2o1. The summed E-state index contributed by atoms with van der Waals surface area (Å²) in [6.45, 7) is 6.34. The van der Waals surface area contributed by atoms with Crippen LogP contribution >= 0.6 is 0 Å². The van der Waals surface area contributed by atoms with Crippen molar-refractivity contribution in [3.05, 3.63) is 36.1 Å². The molecule has 2 atom stereocenters. The van der Waals surface area contributed by atoms with Crippen molar-refractivity contribution in [2.45, 2.75) is 32.4 Å². The Bertz CT molecular complexity index is 519. The maximum Gasteiger partial charge on any atom is 0.135 e. The summed E-state index contributed by atoms with van der Waals surface area (Å²) in [5, 5.41) is 11.5. The molecule has 2 rings (SSSR count). The number of benzene rings is 1. The number of hydrogen-bond acceptors (Lipinski definition) is 4. The van der Waals surface area contributed by atoms with Gasteiger partial charge < -0.3 is 14.3 Å². The fraction of sp³-hybridized carbons (Fsp3) is 0.529. The first kappa shape index (κ1) is 16.0. The molecule has 0 aliphatic rings. The second-order valence-corrected chi connectivity index (χ2v) is 5.45. The highest BCUT2D eigenvalue weighted by Gasteiger charge is 2.20. The molecule has 0 radical (unpaired) electrons. The number of nitrogens with zero attached hydrogens (tertiary/aromatic N) is 1. The third-order valence-electron chi connectivity index (χ3n) is 3.98. The first-order chi connectivity index (χ1) is 10.2. The molecule has 0 bridgehead atoms. The molecule has 0 saturated carbocycles. The van der Waals surface area contributed by atoms with Crippen LogP contribution < -0.4 is 0 Å². The van der Waals surface area contributed by atoms with E-state index in [1.807, 2.05) is 30.3 Å². The normalized spacial score (nSPS) is 14.7. The number of furan rings is 1. The number of ether oxygens (including phenoxy) is 1. The van der Waals surface area contributed by atoms with E-state index in [2.05, 4.69) is 18.7 Å². The Kier molecular flexibility index (Phi) is 5.79. The summed E-state index contributed by atoms with van der Waals surface area (Å²) in [5.41, 5.74) is 0.818. The highest BCUT2D eigenvalue weighted by atomic mass is 16.5. The zero-order valence-corrected chi connectivity index (χ0v) is 13.1. The van der Waals surface area contributed by atoms with E-state index in [1.165, 1.54) is 0 Å². The minimum absolute atomic E-state index is 0.402. The number of hydrogen-bond donors (Lipinski definition) is 1. The molecule has 0 saturated heterocycles. The van der Waals surface area contributed by atoms with Crippen molar-refractivity contribution in [2.24, 2.45) is 0 Å². The highest BCUT2D eigenvalue weighted by molar-refractivity contribution is 5.77. The quantitative estimate of drug-likeness (QED) is 0.811. The molecule has 2 unspecified atom stereocenters. The predicted molar refractivity (Wildman–Crippen MR) is 84.4 cm³/mol. The summed E-state index contributed by atoms with van der Waals surface area (Å²) in [7, 11) is 1.70. The lowest BCUT2D eigenvalue weighted by Crippen LogP contribution is -2.38. The van der Waals surface area contributed by atoms with E-state index in [4.69, 9.17) is 9.15 Å². The van der Waals surface area contributed by atoms with E-state index in [9.17, 15) is 5.11 Å². The summed E-state index contributed by atoms with van der Waals surface area (Å²) < 4.78 is 10.9. The maximum absolute atomic E-state index is 10.5. The molecule has 0 fully saturated rings. The van der Waals surface area contributed by atoms with E-state index in [0.29, 0.717) is 25.0 Å². The topological polar surface area (TPSA) is 45.8 Å². The molecule has 0 spiro atoms. The Balaban J connectivity index is 2.08. The average Bonchev–Trinajstić information content (AvgIpc) is 2.94. The van der Waals surface area contributed by atoms with Gasteiger partial charge in [-0.2, -0.15) is 0 Å². The molecule has 0 aliphatic carbocycles. The molecular weight excluding hydrogens is 266 g/mol. The monoisotopic (exact) mass is 291 g/mol. The lowest BCUT2D eigenvalue weighted by atomic mass is 10.1. The van der Waals surface area contributed by atoms with E-state index in [1.54, 1.807) is 7.11 Å². The van der Waals surface area contributed by atoms with Gasteiger partial charge in [-0.1, -0.05) is 25.1 Å². The minimum atomic E-state index is -0.622. The van der Waals surface area contributed by atoms with Crippen LogP contribution in [-0.2, 0) is 4.74 Å². The van der Waals surface area contributed by atoms with Gasteiger partial charge in [-0.15, -0.1) is 0 Å². The van der Waals surface area contributed by atoms with Crippen molar-refractivity contribution in [3.8, 4) is 0 Å². The second kappa shape index (κ2) is 7.59. The van der Waals surface area contributed by atoms with Crippen molar-refractivity contribution in [2.75, 3.05) is 26.8 Å². The van der Waals surface area contributed by atoms with Crippen molar-refractivity contribution in [1.29, 1.82) is 0 Å². The Morgan fingerprint density at radius 2 is 2.10 bits per heavy atom. The standard InChI is InChI=1S/C17H25NO3/c1-4-13(2)18(9-10-20-3)12-15(19)17-11-14-7-5-6-8-16(14)21-17/h5-8,11,13,15,19H,4,9-10,12H2,1-3H3. The summed E-state index contributed by atoms with van der Waals surface area (Å²) in [6.07, 6.45) is 0.416. The molecule has 116 valence electrons. The van der Waals surface area contributed by atoms with Crippen LogP contribution in [0.15, 0.2) is 34.7 Å². The van der Waals surface area contributed by atoms with Gasteiger partial charge in [0.15, 0.2) is 0 Å².